The van der Waals surface area contributed by atoms with Crippen molar-refractivity contribution in [3.63, 3.8) is 0 Å². The maximum atomic E-state index is 11.1. The zero-order valence-electron chi connectivity index (χ0n) is 11.8. The smallest absolute Gasteiger partial charge is 0.335 e. The number of aromatic nitrogens is 1. The molecule has 4 nitrogen and oxygen atoms in total. The Bertz CT molecular complexity index is 617. The molecule has 0 saturated carbocycles. The van der Waals surface area contributed by atoms with Gasteiger partial charge in [-0.1, -0.05) is 48.9 Å². The largest absolute Gasteiger partial charge is 0.478 e. The van der Waals surface area contributed by atoms with Crippen LogP contribution in [0.25, 0.3) is 0 Å². The van der Waals surface area contributed by atoms with Gasteiger partial charge in [0.1, 0.15) is 11.0 Å². The van der Waals surface area contributed by atoms with E-state index in [4.69, 9.17) is 16.7 Å². The summed E-state index contributed by atoms with van der Waals surface area (Å²) >= 11 is 5.94. The summed E-state index contributed by atoms with van der Waals surface area (Å²) in [5.41, 5.74) is 1.30. The van der Waals surface area contributed by atoms with E-state index in [1.807, 2.05) is 35.2 Å². The fourth-order valence-electron chi connectivity index (χ4n) is 2.12. The molecule has 0 saturated heterocycles. The van der Waals surface area contributed by atoms with Crippen LogP contribution in [0.1, 0.15) is 29.3 Å². The zero-order chi connectivity index (χ0) is 15.2. The fraction of sp³-hybridized carbons (Fsp3) is 0.250. The van der Waals surface area contributed by atoms with E-state index < -0.39 is 5.97 Å². The summed E-state index contributed by atoms with van der Waals surface area (Å²) in [6.07, 6.45) is 0.934. The Morgan fingerprint density at radius 2 is 2.00 bits per heavy atom. The summed E-state index contributed by atoms with van der Waals surface area (Å²) < 4.78 is 0. The minimum Gasteiger partial charge on any atom is -0.478 e. The standard InChI is InChI=1S/C16H17ClN2O2/c1-2-8-19(11-12-6-4-3-5-7-12)15-10-13(16(20)21)9-14(17)18-15/h3-7,9-10H,2,8,11H2,1H3,(H,20,21). The molecule has 21 heavy (non-hydrogen) atoms. The first-order valence-electron chi connectivity index (χ1n) is 6.80. The number of rotatable bonds is 6. The topological polar surface area (TPSA) is 53.4 Å². The van der Waals surface area contributed by atoms with Crippen LogP contribution in [0, 0.1) is 0 Å². The summed E-state index contributed by atoms with van der Waals surface area (Å²) in [6, 6.07) is 12.9. The SMILES string of the molecule is CCCN(Cc1ccccc1)c1cc(C(=O)O)cc(Cl)n1. The second kappa shape index (κ2) is 7.09. The lowest BCUT2D eigenvalue weighted by atomic mass is 10.2. The van der Waals surface area contributed by atoms with E-state index in [2.05, 4.69) is 11.9 Å². The number of halogens is 1. The Kier molecular flexibility index (Phi) is 5.17. The Labute approximate surface area is 129 Å². The van der Waals surface area contributed by atoms with Gasteiger partial charge in [0.2, 0.25) is 0 Å². The summed E-state index contributed by atoms with van der Waals surface area (Å²) in [5.74, 6) is -0.415. The highest BCUT2D eigenvalue weighted by molar-refractivity contribution is 6.29. The van der Waals surface area contributed by atoms with Gasteiger partial charge in [0.25, 0.3) is 0 Å². The van der Waals surface area contributed by atoms with Gasteiger partial charge in [-0.15, -0.1) is 0 Å². The number of carbonyl (C=O) groups is 1. The maximum absolute atomic E-state index is 11.1. The summed E-state index contributed by atoms with van der Waals surface area (Å²) in [5, 5.41) is 9.32. The lowest BCUT2D eigenvalue weighted by Gasteiger charge is -2.23. The second-order valence-electron chi connectivity index (χ2n) is 4.75. The molecule has 0 unspecified atom stereocenters. The number of aromatic carboxylic acids is 1. The number of carboxylic acids is 1. The lowest BCUT2D eigenvalue weighted by Crippen LogP contribution is -2.24. The average Bonchev–Trinajstić information content (AvgIpc) is 2.47. The second-order valence-corrected chi connectivity index (χ2v) is 5.14. The number of hydrogen-bond acceptors (Lipinski definition) is 3. The van der Waals surface area contributed by atoms with E-state index in [1.165, 1.54) is 6.07 Å². The van der Waals surface area contributed by atoms with Crippen LogP contribution < -0.4 is 4.90 Å². The van der Waals surface area contributed by atoms with Crippen molar-refractivity contribution >= 4 is 23.4 Å². The van der Waals surface area contributed by atoms with Crippen LogP contribution in [-0.4, -0.2) is 22.6 Å². The molecule has 0 spiro atoms. The van der Waals surface area contributed by atoms with Crippen LogP contribution >= 0.6 is 11.6 Å². The number of carboxylic acid groups (broad SMARTS) is 1. The van der Waals surface area contributed by atoms with Gasteiger partial charge in [0, 0.05) is 13.1 Å². The summed E-state index contributed by atoms with van der Waals surface area (Å²) in [7, 11) is 0. The number of nitrogens with zero attached hydrogens (tertiary/aromatic N) is 2. The molecule has 0 radical (unpaired) electrons. The third kappa shape index (κ3) is 4.20. The highest BCUT2D eigenvalue weighted by Crippen LogP contribution is 2.20. The average molecular weight is 305 g/mol. The van der Waals surface area contributed by atoms with E-state index in [0.717, 1.165) is 18.5 Å². The van der Waals surface area contributed by atoms with Crippen molar-refractivity contribution in [2.75, 3.05) is 11.4 Å². The summed E-state index contributed by atoms with van der Waals surface area (Å²) in [4.78, 5) is 17.4. The molecule has 0 aliphatic heterocycles. The molecule has 0 amide bonds. The third-order valence-electron chi connectivity index (χ3n) is 3.06. The van der Waals surface area contributed by atoms with Gasteiger partial charge in [-0.05, 0) is 24.1 Å². The number of benzene rings is 1. The molecule has 1 heterocycles. The molecule has 2 rings (SSSR count). The molecule has 2 aromatic rings. The molecule has 0 fully saturated rings. The molecule has 1 aromatic carbocycles. The zero-order valence-corrected chi connectivity index (χ0v) is 12.5. The lowest BCUT2D eigenvalue weighted by molar-refractivity contribution is 0.0697. The van der Waals surface area contributed by atoms with Crippen molar-refractivity contribution in [1.82, 2.24) is 4.98 Å². The van der Waals surface area contributed by atoms with Crippen LogP contribution in [0.4, 0.5) is 5.82 Å². The van der Waals surface area contributed by atoms with Crippen LogP contribution in [0.3, 0.4) is 0 Å². The molecular weight excluding hydrogens is 288 g/mol. The van der Waals surface area contributed by atoms with Gasteiger partial charge in [-0.2, -0.15) is 0 Å². The predicted octanol–water partition coefficient (Wildman–Crippen LogP) is 3.85. The Morgan fingerprint density at radius 1 is 1.29 bits per heavy atom. The molecule has 110 valence electrons. The Hall–Kier alpha value is -2.07. The van der Waals surface area contributed by atoms with Gasteiger partial charge in [-0.25, -0.2) is 9.78 Å². The minimum absolute atomic E-state index is 0.152. The molecule has 5 heteroatoms. The minimum atomic E-state index is -1.00. The van der Waals surface area contributed by atoms with Gasteiger partial charge in [-0.3, -0.25) is 0 Å². The quantitative estimate of drug-likeness (QED) is 0.824. The van der Waals surface area contributed by atoms with Crippen molar-refractivity contribution in [3.8, 4) is 0 Å². The number of pyridine rings is 1. The van der Waals surface area contributed by atoms with Gasteiger partial charge in [0.05, 0.1) is 5.56 Å². The molecule has 0 aliphatic rings. The van der Waals surface area contributed by atoms with Crippen LogP contribution in [0.5, 0.6) is 0 Å². The molecule has 0 aliphatic carbocycles. The maximum Gasteiger partial charge on any atom is 0.335 e. The fourth-order valence-corrected chi connectivity index (χ4v) is 2.32. The predicted molar refractivity (Wildman–Crippen MR) is 84.0 cm³/mol. The van der Waals surface area contributed by atoms with Crippen LogP contribution in [0.2, 0.25) is 5.15 Å². The Balaban J connectivity index is 2.31. The normalized spacial score (nSPS) is 10.4. The van der Waals surface area contributed by atoms with Crippen molar-refractivity contribution in [2.24, 2.45) is 0 Å². The van der Waals surface area contributed by atoms with Crippen molar-refractivity contribution in [3.05, 3.63) is 58.7 Å². The first kappa shape index (κ1) is 15.3. The molecule has 0 bridgehead atoms. The molecule has 0 atom stereocenters. The van der Waals surface area contributed by atoms with Gasteiger partial charge < -0.3 is 10.0 Å². The van der Waals surface area contributed by atoms with Crippen molar-refractivity contribution in [1.29, 1.82) is 0 Å². The monoisotopic (exact) mass is 304 g/mol. The van der Waals surface area contributed by atoms with E-state index in [9.17, 15) is 4.79 Å². The molecular formula is C16H17ClN2O2. The first-order chi connectivity index (χ1) is 10.1. The van der Waals surface area contributed by atoms with Crippen LogP contribution in [-0.2, 0) is 6.54 Å². The summed E-state index contributed by atoms with van der Waals surface area (Å²) in [6.45, 7) is 3.52. The molecule has 1 N–H and O–H groups in total. The van der Waals surface area contributed by atoms with Crippen LogP contribution in [0.15, 0.2) is 42.5 Å². The first-order valence-corrected chi connectivity index (χ1v) is 7.17. The van der Waals surface area contributed by atoms with Gasteiger partial charge in [0.15, 0.2) is 0 Å². The van der Waals surface area contributed by atoms with E-state index in [1.54, 1.807) is 6.07 Å². The van der Waals surface area contributed by atoms with E-state index in [0.29, 0.717) is 12.4 Å². The molecule has 1 aromatic heterocycles. The third-order valence-corrected chi connectivity index (χ3v) is 3.25. The number of hydrogen-bond donors (Lipinski definition) is 1. The van der Waals surface area contributed by atoms with Crippen molar-refractivity contribution < 1.29 is 9.90 Å². The Morgan fingerprint density at radius 3 is 2.62 bits per heavy atom. The van der Waals surface area contributed by atoms with E-state index in [-0.39, 0.29) is 10.7 Å². The van der Waals surface area contributed by atoms with Crippen molar-refractivity contribution in [2.45, 2.75) is 19.9 Å². The number of anilines is 1. The van der Waals surface area contributed by atoms with Gasteiger partial charge >= 0.3 is 5.97 Å². The van der Waals surface area contributed by atoms with E-state index >= 15 is 0 Å². The highest BCUT2D eigenvalue weighted by Gasteiger charge is 2.13. The highest BCUT2D eigenvalue weighted by atomic mass is 35.5.